The predicted octanol–water partition coefficient (Wildman–Crippen LogP) is 3.39. The van der Waals surface area contributed by atoms with E-state index >= 15 is 0 Å². The third-order valence-corrected chi connectivity index (χ3v) is 6.97. The molecule has 2 fully saturated rings. The second kappa shape index (κ2) is 8.71. The Hall–Kier alpha value is -2.86. The topological polar surface area (TPSA) is 59.1 Å². The summed E-state index contributed by atoms with van der Waals surface area (Å²) < 4.78 is 10.6. The second-order valence-corrected chi connectivity index (χ2v) is 8.43. The summed E-state index contributed by atoms with van der Waals surface area (Å²) in [6.07, 6.45) is 3.47. The van der Waals surface area contributed by atoms with Gasteiger partial charge >= 0.3 is 5.97 Å². The van der Waals surface area contributed by atoms with Crippen molar-refractivity contribution in [3.63, 3.8) is 0 Å². The third-order valence-electron chi connectivity index (χ3n) is 6.97. The molecule has 6 nitrogen and oxygen atoms in total. The monoisotopic (exact) mass is 422 g/mol. The van der Waals surface area contributed by atoms with E-state index < -0.39 is 11.5 Å². The third kappa shape index (κ3) is 3.69. The summed E-state index contributed by atoms with van der Waals surface area (Å²) in [5.74, 6) is 0.204. The van der Waals surface area contributed by atoms with E-state index in [1.807, 2.05) is 17.0 Å². The van der Waals surface area contributed by atoms with Crippen LogP contribution in [-0.2, 0) is 20.9 Å². The van der Waals surface area contributed by atoms with Gasteiger partial charge < -0.3 is 14.4 Å². The van der Waals surface area contributed by atoms with Crippen molar-refractivity contribution < 1.29 is 19.1 Å². The SMILES string of the molecule is C=CCN1C(=O)CC(C(=O)OC)C12CCN(Cc1ccc(OC)c3ccccc13)CC2. The number of carbonyl (C=O) groups is 2. The molecule has 4 rings (SSSR count). The molecule has 0 aliphatic carbocycles. The predicted molar refractivity (Wildman–Crippen MR) is 120 cm³/mol. The van der Waals surface area contributed by atoms with Crippen molar-refractivity contribution in [3.05, 3.63) is 54.6 Å². The van der Waals surface area contributed by atoms with Gasteiger partial charge in [0, 0.05) is 38.0 Å². The standard InChI is InChI=1S/C25H30N2O4/c1-4-13-27-23(28)16-21(24(29)31-3)25(27)11-14-26(15-12-25)17-18-9-10-22(30-2)20-8-6-5-7-19(18)20/h4-10,21H,1,11-17H2,2-3H3. The van der Waals surface area contributed by atoms with Gasteiger partial charge in [-0.1, -0.05) is 36.4 Å². The number of rotatable bonds is 6. The fraction of sp³-hybridized carbons (Fsp3) is 0.440. The van der Waals surface area contributed by atoms with Crippen LogP contribution in [0.2, 0.25) is 0 Å². The van der Waals surface area contributed by atoms with Crippen LogP contribution >= 0.6 is 0 Å². The number of hydrogen-bond donors (Lipinski definition) is 0. The highest BCUT2D eigenvalue weighted by molar-refractivity contribution is 5.91. The number of methoxy groups -OCH3 is 2. The molecule has 0 radical (unpaired) electrons. The number of piperidine rings is 1. The first-order valence-electron chi connectivity index (χ1n) is 10.8. The van der Waals surface area contributed by atoms with Gasteiger partial charge in [0.2, 0.25) is 5.91 Å². The number of esters is 1. The molecular formula is C25H30N2O4. The highest BCUT2D eigenvalue weighted by atomic mass is 16.5. The van der Waals surface area contributed by atoms with Gasteiger partial charge in [-0.05, 0) is 29.9 Å². The van der Waals surface area contributed by atoms with Gasteiger partial charge in [-0.15, -0.1) is 6.58 Å². The molecule has 1 atom stereocenters. The molecule has 0 bridgehead atoms. The van der Waals surface area contributed by atoms with E-state index in [-0.39, 0.29) is 18.3 Å². The largest absolute Gasteiger partial charge is 0.496 e. The maximum Gasteiger partial charge on any atom is 0.311 e. The molecule has 2 aromatic rings. The van der Waals surface area contributed by atoms with Crippen molar-refractivity contribution >= 4 is 22.6 Å². The Morgan fingerprint density at radius 1 is 1.16 bits per heavy atom. The minimum absolute atomic E-state index is 0.0184. The Balaban J connectivity index is 1.55. The van der Waals surface area contributed by atoms with Crippen LogP contribution in [0.25, 0.3) is 10.8 Å². The lowest BCUT2D eigenvalue weighted by Gasteiger charge is -2.47. The lowest BCUT2D eigenvalue weighted by atomic mass is 9.76. The van der Waals surface area contributed by atoms with Gasteiger partial charge in [0.25, 0.3) is 0 Å². The van der Waals surface area contributed by atoms with Gasteiger partial charge in [0.05, 0.1) is 25.7 Å². The number of benzene rings is 2. The molecule has 1 unspecified atom stereocenters. The minimum Gasteiger partial charge on any atom is -0.496 e. The number of likely N-dealkylation sites (tertiary alicyclic amines) is 2. The maximum atomic E-state index is 12.7. The first kappa shape index (κ1) is 21.4. The molecule has 2 aromatic carbocycles. The second-order valence-electron chi connectivity index (χ2n) is 8.43. The lowest BCUT2D eigenvalue weighted by Crippen LogP contribution is -2.57. The molecule has 2 saturated heterocycles. The van der Waals surface area contributed by atoms with E-state index in [4.69, 9.17) is 9.47 Å². The smallest absolute Gasteiger partial charge is 0.311 e. The zero-order valence-electron chi connectivity index (χ0n) is 18.3. The Morgan fingerprint density at radius 2 is 1.87 bits per heavy atom. The summed E-state index contributed by atoms with van der Waals surface area (Å²) >= 11 is 0. The molecule has 6 heteroatoms. The van der Waals surface area contributed by atoms with Crippen molar-refractivity contribution in [2.24, 2.45) is 5.92 Å². The summed E-state index contributed by atoms with van der Waals surface area (Å²) in [6.45, 7) is 6.72. The zero-order chi connectivity index (χ0) is 22.0. The maximum absolute atomic E-state index is 12.7. The number of ether oxygens (including phenoxy) is 2. The molecule has 2 aliphatic heterocycles. The van der Waals surface area contributed by atoms with Gasteiger partial charge in [-0.2, -0.15) is 0 Å². The Morgan fingerprint density at radius 3 is 2.52 bits per heavy atom. The fourth-order valence-corrected chi connectivity index (χ4v) is 5.38. The molecule has 2 heterocycles. The van der Waals surface area contributed by atoms with Crippen LogP contribution in [0.3, 0.4) is 0 Å². The number of amides is 1. The summed E-state index contributed by atoms with van der Waals surface area (Å²) in [7, 11) is 3.10. The summed E-state index contributed by atoms with van der Waals surface area (Å²) in [5, 5.41) is 2.30. The minimum atomic E-state index is -0.475. The van der Waals surface area contributed by atoms with Crippen molar-refractivity contribution in [1.29, 1.82) is 0 Å². The van der Waals surface area contributed by atoms with E-state index in [0.29, 0.717) is 6.54 Å². The average Bonchev–Trinajstić information content (AvgIpc) is 3.06. The Bertz CT molecular complexity index is 994. The van der Waals surface area contributed by atoms with E-state index in [0.717, 1.165) is 43.6 Å². The number of fused-ring (bicyclic) bond motifs is 1. The first-order chi connectivity index (χ1) is 15.0. The average molecular weight is 423 g/mol. The van der Waals surface area contributed by atoms with E-state index in [9.17, 15) is 9.59 Å². The quantitative estimate of drug-likeness (QED) is 0.528. The number of nitrogens with zero attached hydrogens (tertiary/aromatic N) is 2. The molecule has 1 spiro atoms. The van der Waals surface area contributed by atoms with Crippen molar-refractivity contribution in [1.82, 2.24) is 9.80 Å². The van der Waals surface area contributed by atoms with Crippen LogP contribution in [0, 0.1) is 5.92 Å². The van der Waals surface area contributed by atoms with Crippen molar-refractivity contribution in [3.8, 4) is 5.75 Å². The van der Waals surface area contributed by atoms with Crippen LogP contribution < -0.4 is 4.74 Å². The van der Waals surface area contributed by atoms with Crippen molar-refractivity contribution in [2.45, 2.75) is 31.3 Å². The molecule has 0 aromatic heterocycles. The van der Waals surface area contributed by atoms with Crippen LogP contribution in [0.15, 0.2) is 49.1 Å². The van der Waals surface area contributed by atoms with E-state index in [1.54, 1.807) is 13.2 Å². The molecule has 1 amide bonds. The summed E-state index contributed by atoms with van der Waals surface area (Å²) in [5.41, 5.74) is 0.777. The highest BCUT2D eigenvalue weighted by Crippen LogP contribution is 2.44. The van der Waals surface area contributed by atoms with Gasteiger partial charge in [-0.3, -0.25) is 14.5 Å². The molecule has 31 heavy (non-hydrogen) atoms. The number of carbonyl (C=O) groups excluding carboxylic acids is 2. The molecule has 164 valence electrons. The number of hydrogen-bond acceptors (Lipinski definition) is 5. The Kier molecular flexibility index (Phi) is 6.01. The van der Waals surface area contributed by atoms with Crippen LogP contribution in [0.5, 0.6) is 5.75 Å². The van der Waals surface area contributed by atoms with E-state index in [2.05, 4.69) is 35.7 Å². The van der Waals surface area contributed by atoms with Gasteiger partial charge in [-0.25, -0.2) is 0 Å². The summed E-state index contributed by atoms with van der Waals surface area (Å²) in [6, 6.07) is 12.4. The first-order valence-corrected chi connectivity index (χ1v) is 10.8. The lowest BCUT2D eigenvalue weighted by molar-refractivity contribution is -0.150. The van der Waals surface area contributed by atoms with Gasteiger partial charge in [0.15, 0.2) is 0 Å². The zero-order valence-corrected chi connectivity index (χ0v) is 18.3. The van der Waals surface area contributed by atoms with Crippen LogP contribution in [-0.4, -0.2) is 61.1 Å². The fourth-order valence-electron chi connectivity index (χ4n) is 5.38. The van der Waals surface area contributed by atoms with Crippen LogP contribution in [0.4, 0.5) is 0 Å². The molecule has 2 aliphatic rings. The highest BCUT2D eigenvalue weighted by Gasteiger charge is 2.56. The molecular weight excluding hydrogens is 392 g/mol. The summed E-state index contributed by atoms with van der Waals surface area (Å²) in [4.78, 5) is 29.5. The van der Waals surface area contributed by atoms with Crippen LogP contribution in [0.1, 0.15) is 24.8 Å². The molecule has 0 N–H and O–H groups in total. The Labute approximate surface area is 183 Å². The van der Waals surface area contributed by atoms with E-state index in [1.165, 1.54) is 18.1 Å². The normalized spacial score (nSPS) is 20.9. The molecule has 0 saturated carbocycles. The van der Waals surface area contributed by atoms with Gasteiger partial charge in [0.1, 0.15) is 5.75 Å². The van der Waals surface area contributed by atoms with Crippen molar-refractivity contribution in [2.75, 3.05) is 33.9 Å².